The minimum Gasteiger partial charge on any atom is -0.246 e. The van der Waals surface area contributed by atoms with E-state index in [1.54, 1.807) is 4.80 Å². The number of aryl methyl sites for hydroxylation is 2. The van der Waals surface area contributed by atoms with Crippen LogP contribution in [0.5, 0.6) is 0 Å². The maximum absolute atomic E-state index is 4.41. The van der Waals surface area contributed by atoms with Gasteiger partial charge in [0.2, 0.25) is 0 Å². The summed E-state index contributed by atoms with van der Waals surface area (Å²) >= 11 is 0. The van der Waals surface area contributed by atoms with Gasteiger partial charge in [0.05, 0.1) is 24.5 Å². The molecule has 2 aromatic heterocycles. The maximum atomic E-state index is 4.41. The molecule has 1 fully saturated rings. The average molecular weight is 232 g/mol. The molecule has 1 aliphatic carbocycles. The van der Waals surface area contributed by atoms with Crippen LogP contribution in [0.4, 0.5) is 0 Å². The largest absolute Gasteiger partial charge is 0.246 e. The van der Waals surface area contributed by atoms with Crippen molar-refractivity contribution in [3.8, 4) is 0 Å². The molecule has 0 atom stereocenters. The topological polar surface area (TPSA) is 61.4 Å². The van der Waals surface area contributed by atoms with Crippen molar-refractivity contribution in [2.75, 3.05) is 0 Å². The molecule has 2 heterocycles. The van der Waals surface area contributed by atoms with Gasteiger partial charge in [0, 0.05) is 12.1 Å². The molecule has 0 saturated heterocycles. The normalized spacial score (nSPS) is 15.4. The first kappa shape index (κ1) is 10.4. The highest BCUT2D eigenvalue weighted by molar-refractivity contribution is 5.11. The Balaban J connectivity index is 1.77. The average Bonchev–Trinajstić information content (AvgIpc) is 2.98. The predicted octanol–water partition coefficient (Wildman–Crippen LogP) is 1.12. The van der Waals surface area contributed by atoms with Crippen molar-refractivity contribution in [3.05, 3.63) is 23.3 Å². The minimum atomic E-state index is 0.649. The van der Waals surface area contributed by atoms with Crippen molar-refractivity contribution < 1.29 is 0 Å². The smallest absolute Gasteiger partial charge is 0.107 e. The van der Waals surface area contributed by atoms with Gasteiger partial charge in [-0.05, 0) is 26.7 Å². The molecule has 1 saturated carbocycles. The van der Waals surface area contributed by atoms with Gasteiger partial charge in [0.25, 0.3) is 0 Å². The van der Waals surface area contributed by atoms with E-state index in [2.05, 4.69) is 20.5 Å². The van der Waals surface area contributed by atoms with Gasteiger partial charge in [0.15, 0.2) is 0 Å². The first-order valence-electron chi connectivity index (χ1n) is 6.07. The highest BCUT2D eigenvalue weighted by Crippen LogP contribution is 2.38. The lowest BCUT2D eigenvalue weighted by Crippen LogP contribution is -2.04. The Morgan fingerprint density at radius 2 is 2.18 bits per heavy atom. The molecule has 0 spiro atoms. The zero-order valence-corrected chi connectivity index (χ0v) is 10.2. The lowest BCUT2D eigenvalue weighted by Gasteiger charge is -1.96. The van der Waals surface area contributed by atoms with Crippen molar-refractivity contribution in [1.29, 1.82) is 0 Å². The van der Waals surface area contributed by atoms with Crippen LogP contribution in [0.2, 0.25) is 0 Å². The highest BCUT2D eigenvalue weighted by Gasteiger charge is 2.26. The Hall–Kier alpha value is -1.72. The Bertz CT molecular complexity index is 522. The molecular formula is C11H16N6. The number of nitrogens with zero attached hydrogens (tertiary/aromatic N) is 6. The molecule has 0 aromatic carbocycles. The summed E-state index contributed by atoms with van der Waals surface area (Å²) in [5.41, 5.74) is 3.06. The zero-order valence-electron chi connectivity index (χ0n) is 10.2. The molecule has 6 heteroatoms. The SMILES string of the molecule is CCn1nc(C)c(Cn2cc(C3CC3)nn2)n1. The van der Waals surface area contributed by atoms with Gasteiger partial charge in [-0.3, -0.25) is 0 Å². The summed E-state index contributed by atoms with van der Waals surface area (Å²) in [6, 6.07) is 0. The molecule has 0 radical (unpaired) electrons. The summed E-state index contributed by atoms with van der Waals surface area (Å²) in [4.78, 5) is 1.71. The summed E-state index contributed by atoms with van der Waals surface area (Å²) in [5, 5.41) is 17.1. The van der Waals surface area contributed by atoms with Crippen molar-refractivity contribution >= 4 is 0 Å². The quantitative estimate of drug-likeness (QED) is 0.792. The van der Waals surface area contributed by atoms with Crippen molar-refractivity contribution in [2.24, 2.45) is 0 Å². The van der Waals surface area contributed by atoms with Crippen LogP contribution in [0.25, 0.3) is 0 Å². The Morgan fingerprint density at radius 3 is 2.82 bits per heavy atom. The van der Waals surface area contributed by atoms with Crippen LogP contribution in [-0.4, -0.2) is 30.0 Å². The van der Waals surface area contributed by atoms with E-state index in [4.69, 9.17) is 0 Å². The van der Waals surface area contributed by atoms with E-state index >= 15 is 0 Å². The third kappa shape index (κ3) is 2.07. The molecule has 0 unspecified atom stereocenters. The summed E-state index contributed by atoms with van der Waals surface area (Å²) in [5.74, 6) is 0.649. The second-order valence-electron chi connectivity index (χ2n) is 4.54. The van der Waals surface area contributed by atoms with E-state index in [0.29, 0.717) is 12.5 Å². The van der Waals surface area contributed by atoms with E-state index in [1.807, 2.05) is 24.7 Å². The number of hydrogen-bond acceptors (Lipinski definition) is 4. The fraction of sp³-hybridized carbons (Fsp3) is 0.636. The van der Waals surface area contributed by atoms with Crippen LogP contribution in [0.1, 0.15) is 42.8 Å². The molecule has 0 N–H and O–H groups in total. The fourth-order valence-electron chi connectivity index (χ4n) is 1.86. The van der Waals surface area contributed by atoms with Crippen molar-refractivity contribution in [2.45, 2.75) is 45.7 Å². The lowest BCUT2D eigenvalue weighted by atomic mass is 10.3. The Kier molecular flexibility index (Phi) is 2.42. The van der Waals surface area contributed by atoms with E-state index in [-0.39, 0.29) is 0 Å². The van der Waals surface area contributed by atoms with E-state index in [9.17, 15) is 0 Å². The van der Waals surface area contributed by atoms with Crippen molar-refractivity contribution in [3.63, 3.8) is 0 Å². The molecule has 6 nitrogen and oxygen atoms in total. The zero-order chi connectivity index (χ0) is 11.8. The monoisotopic (exact) mass is 232 g/mol. The maximum Gasteiger partial charge on any atom is 0.107 e. The third-order valence-electron chi connectivity index (χ3n) is 3.07. The molecule has 1 aliphatic rings. The van der Waals surface area contributed by atoms with Gasteiger partial charge in [-0.15, -0.1) is 5.10 Å². The first-order chi connectivity index (χ1) is 8.26. The van der Waals surface area contributed by atoms with Crippen LogP contribution >= 0.6 is 0 Å². The molecule has 90 valence electrons. The van der Waals surface area contributed by atoms with Crippen LogP contribution < -0.4 is 0 Å². The summed E-state index contributed by atoms with van der Waals surface area (Å²) in [6.45, 7) is 5.47. The molecule has 0 amide bonds. The van der Waals surface area contributed by atoms with Gasteiger partial charge in [-0.1, -0.05) is 5.21 Å². The van der Waals surface area contributed by atoms with Gasteiger partial charge < -0.3 is 0 Å². The van der Waals surface area contributed by atoms with Crippen molar-refractivity contribution in [1.82, 2.24) is 30.0 Å². The van der Waals surface area contributed by atoms with E-state index < -0.39 is 0 Å². The van der Waals surface area contributed by atoms with E-state index in [1.165, 1.54) is 12.8 Å². The van der Waals surface area contributed by atoms with Crippen LogP contribution in [-0.2, 0) is 13.1 Å². The number of aromatic nitrogens is 6. The van der Waals surface area contributed by atoms with Gasteiger partial charge >= 0.3 is 0 Å². The van der Waals surface area contributed by atoms with Gasteiger partial charge in [-0.2, -0.15) is 15.0 Å². The summed E-state index contributed by atoms with van der Waals surface area (Å²) < 4.78 is 1.85. The lowest BCUT2D eigenvalue weighted by molar-refractivity contribution is 0.553. The first-order valence-corrected chi connectivity index (χ1v) is 6.07. The van der Waals surface area contributed by atoms with Crippen LogP contribution in [0, 0.1) is 6.92 Å². The number of rotatable bonds is 4. The molecule has 0 aliphatic heterocycles. The van der Waals surface area contributed by atoms with Crippen LogP contribution in [0.15, 0.2) is 6.20 Å². The van der Waals surface area contributed by atoms with Gasteiger partial charge in [-0.25, -0.2) is 4.68 Å². The molecule has 3 rings (SSSR count). The van der Waals surface area contributed by atoms with Gasteiger partial charge in [0.1, 0.15) is 5.69 Å². The molecule has 0 bridgehead atoms. The van der Waals surface area contributed by atoms with E-state index in [0.717, 1.165) is 23.6 Å². The number of hydrogen-bond donors (Lipinski definition) is 0. The standard InChI is InChI=1S/C11H16N6/c1-3-17-13-8(2)10(14-17)6-16-7-11(12-15-16)9-4-5-9/h7,9H,3-6H2,1-2H3. The summed E-state index contributed by atoms with van der Waals surface area (Å²) in [6.07, 6.45) is 4.54. The highest BCUT2D eigenvalue weighted by atomic mass is 15.5. The molecule has 17 heavy (non-hydrogen) atoms. The molecule has 2 aromatic rings. The Morgan fingerprint density at radius 1 is 1.35 bits per heavy atom. The second kappa shape index (κ2) is 3.94. The molecular weight excluding hydrogens is 216 g/mol. The third-order valence-corrected chi connectivity index (χ3v) is 3.07. The Labute approximate surface area is 99.6 Å². The summed E-state index contributed by atoms with van der Waals surface area (Å²) in [7, 11) is 0. The second-order valence-corrected chi connectivity index (χ2v) is 4.54. The predicted molar refractivity (Wildman–Crippen MR) is 61.5 cm³/mol. The van der Waals surface area contributed by atoms with Crippen LogP contribution in [0.3, 0.4) is 0 Å². The fourth-order valence-corrected chi connectivity index (χ4v) is 1.86. The minimum absolute atomic E-state index is 0.649.